The number of hydrogen-bond donors (Lipinski definition) is 3. The van der Waals surface area contributed by atoms with Crippen molar-refractivity contribution >= 4 is 40.3 Å². The molecule has 1 aromatic heterocycles. The lowest BCUT2D eigenvalue weighted by Gasteiger charge is -2.15. The van der Waals surface area contributed by atoms with Gasteiger partial charge >= 0.3 is 12.0 Å². The van der Waals surface area contributed by atoms with E-state index >= 15 is 0 Å². The van der Waals surface area contributed by atoms with Crippen molar-refractivity contribution in [3.05, 3.63) is 34.9 Å². The van der Waals surface area contributed by atoms with Crippen molar-refractivity contribution < 1.29 is 14.7 Å². The maximum absolute atomic E-state index is 11.7. The van der Waals surface area contributed by atoms with Crippen molar-refractivity contribution in [1.29, 1.82) is 0 Å². The molecule has 0 fully saturated rings. The first-order chi connectivity index (χ1) is 9.58. The van der Waals surface area contributed by atoms with Crippen LogP contribution in [0.4, 0.5) is 9.93 Å². The normalized spacial score (nSPS) is 11.7. The molecule has 104 valence electrons. The molecule has 2 aromatic rings. The van der Waals surface area contributed by atoms with E-state index in [1.54, 1.807) is 18.2 Å². The van der Waals surface area contributed by atoms with Crippen molar-refractivity contribution in [2.75, 3.05) is 5.32 Å². The maximum atomic E-state index is 11.7. The summed E-state index contributed by atoms with van der Waals surface area (Å²) in [7, 11) is 0. The number of anilines is 1. The second-order valence-electron chi connectivity index (χ2n) is 3.56. The van der Waals surface area contributed by atoms with E-state index in [1.165, 1.54) is 6.07 Å². The molecule has 2 rings (SSSR count). The molecule has 10 heteroatoms. The summed E-state index contributed by atoms with van der Waals surface area (Å²) < 4.78 is 3.46. The molecule has 1 atom stereocenters. The number of amides is 2. The number of aromatic nitrogens is 3. The second kappa shape index (κ2) is 6.26. The molecule has 0 aliphatic heterocycles. The molecule has 1 heterocycles. The Kier molecular flexibility index (Phi) is 4.43. The molecule has 0 radical (unpaired) electrons. The van der Waals surface area contributed by atoms with Crippen LogP contribution in [0.3, 0.4) is 0 Å². The lowest BCUT2D eigenvalue weighted by atomic mass is 10.1. The van der Waals surface area contributed by atoms with Crippen molar-refractivity contribution in [3.63, 3.8) is 0 Å². The number of carbonyl (C=O) groups is 2. The zero-order chi connectivity index (χ0) is 14.5. The largest absolute Gasteiger partial charge is 0.479 e. The van der Waals surface area contributed by atoms with E-state index in [-0.39, 0.29) is 15.7 Å². The number of nitrogens with one attached hydrogen (secondary N) is 2. The van der Waals surface area contributed by atoms with E-state index in [0.29, 0.717) is 0 Å². The minimum atomic E-state index is -1.27. The van der Waals surface area contributed by atoms with Gasteiger partial charge < -0.3 is 10.4 Å². The molecule has 2 amide bonds. The van der Waals surface area contributed by atoms with Gasteiger partial charge in [-0.15, -0.1) is 0 Å². The number of halogens is 1. The third kappa shape index (κ3) is 3.39. The molecule has 0 aliphatic carbocycles. The van der Waals surface area contributed by atoms with Gasteiger partial charge in [0.05, 0.1) is 0 Å². The van der Waals surface area contributed by atoms with E-state index in [2.05, 4.69) is 25.4 Å². The standard InChI is InChI=1S/C10H8ClN5O3S/c11-6-4-2-1-3-5(6)7(8(17)18)12-9(19)13-10-14-15-16-20-10/h1-4,7H,(H,17,18)(H2,12,13,14,16,19)/t7-/m1/s1. The number of carboxylic acids is 1. The van der Waals surface area contributed by atoms with Crippen LogP contribution in [0.1, 0.15) is 11.6 Å². The third-order valence-corrected chi connectivity index (χ3v) is 3.11. The Morgan fingerprint density at radius 3 is 2.70 bits per heavy atom. The number of carboxylic acid groups (broad SMARTS) is 1. The Morgan fingerprint density at radius 1 is 1.35 bits per heavy atom. The van der Waals surface area contributed by atoms with Crippen molar-refractivity contribution in [2.24, 2.45) is 0 Å². The van der Waals surface area contributed by atoms with Gasteiger partial charge in [-0.05, 0) is 11.3 Å². The minimum absolute atomic E-state index is 0.158. The van der Waals surface area contributed by atoms with Crippen molar-refractivity contribution in [3.8, 4) is 0 Å². The summed E-state index contributed by atoms with van der Waals surface area (Å²) in [6.07, 6.45) is 0. The number of urea groups is 1. The zero-order valence-corrected chi connectivity index (χ0v) is 11.4. The van der Waals surface area contributed by atoms with Crippen LogP contribution in [0.5, 0.6) is 0 Å². The van der Waals surface area contributed by atoms with Gasteiger partial charge in [-0.2, -0.15) is 0 Å². The third-order valence-electron chi connectivity index (χ3n) is 2.26. The molecule has 1 aromatic carbocycles. The smallest absolute Gasteiger partial charge is 0.331 e. The molecule has 0 unspecified atom stereocenters. The second-order valence-corrected chi connectivity index (χ2v) is 4.70. The van der Waals surface area contributed by atoms with E-state index in [1.807, 2.05) is 0 Å². The van der Waals surface area contributed by atoms with Gasteiger partial charge in [0, 0.05) is 22.1 Å². The van der Waals surface area contributed by atoms with Gasteiger partial charge in [0.15, 0.2) is 6.04 Å². The maximum Gasteiger partial charge on any atom is 0.331 e. The predicted molar refractivity (Wildman–Crippen MR) is 71.7 cm³/mol. The van der Waals surface area contributed by atoms with Crippen LogP contribution < -0.4 is 10.6 Å². The average molecular weight is 314 g/mol. The fraction of sp³-hybridized carbons (Fsp3) is 0.100. The molecule has 3 N–H and O–H groups in total. The summed E-state index contributed by atoms with van der Waals surface area (Å²) in [4.78, 5) is 22.9. The van der Waals surface area contributed by atoms with Crippen molar-refractivity contribution in [2.45, 2.75) is 6.04 Å². The van der Waals surface area contributed by atoms with E-state index in [9.17, 15) is 14.7 Å². The molecule has 8 nitrogen and oxygen atoms in total. The van der Waals surface area contributed by atoms with Gasteiger partial charge in [-0.25, -0.2) is 9.59 Å². The van der Waals surface area contributed by atoms with E-state index < -0.39 is 18.0 Å². The number of rotatable bonds is 4. The number of aliphatic carboxylic acids is 1. The Hall–Kier alpha value is -2.26. The summed E-state index contributed by atoms with van der Waals surface area (Å²) in [6.45, 7) is 0. The Morgan fingerprint density at radius 2 is 2.10 bits per heavy atom. The average Bonchev–Trinajstić information content (AvgIpc) is 2.89. The van der Waals surface area contributed by atoms with Gasteiger partial charge in [0.2, 0.25) is 5.13 Å². The van der Waals surface area contributed by atoms with Gasteiger partial charge in [0.1, 0.15) is 0 Å². The zero-order valence-electron chi connectivity index (χ0n) is 9.78. The Bertz CT molecular complexity index is 621. The highest BCUT2D eigenvalue weighted by Gasteiger charge is 2.24. The molecule has 0 aliphatic rings. The highest BCUT2D eigenvalue weighted by molar-refractivity contribution is 7.09. The minimum Gasteiger partial charge on any atom is -0.479 e. The molecule has 0 spiro atoms. The molecule has 0 bridgehead atoms. The first-order valence-electron chi connectivity index (χ1n) is 5.27. The molecule has 0 saturated heterocycles. The van der Waals surface area contributed by atoms with Gasteiger partial charge in [0.25, 0.3) is 0 Å². The SMILES string of the molecule is O=C(Nc1nnns1)N[C@@H](C(=O)O)c1ccccc1Cl. The molecular formula is C10H8ClN5O3S. The van der Waals surface area contributed by atoms with Crippen molar-refractivity contribution in [1.82, 2.24) is 20.1 Å². The highest BCUT2D eigenvalue weighted by atomic mass is 35.5. The fourth-order valence-electron chi connectivity index (χ4n) is 1.43. The van der Waals surface area contributed by atoms with Gasteiger partial charge in [-0.1, -0.05) is 39.4 Å². The molecule has 0 saturated carbocycles. The fourth-order valence-corrected chi connectivity index (χ4v) is 2.03. The predicted octanol–water partition coefficient (Wildman–Crippen LogP) is 1.53. The van der Waals surface area contributed by atoms with E-state index in [4.69, 9.17) is 11.6 Å². The van der Waals surface area contributed by atoms with Crippen LogP contribution in [-0.4, -0.2) is 31.9 Å². The summed E-state index contributed by atoms with van der Waals surface area (Å²) in [5.74, 6) is -1.23. The monoisotopic (exact) mass is 313 g/mol. The summed E-state index contributed by atoms with van der Waals surface area (Å²) in [5.41, 5.74) is 0.284. The van der Waals surface area contributed by atoms with Crippen LogP contribution in [0.15, 0.2) is 24.3 Å². The Labute approximate surface area is 121 Å². The number of nitrogens with zero attached hydrogens (tertiary/aromatic N) is 3. The lowest BCUT2D eigenvalue weighted by molar-refractivity contribution is -0.139. The van der Waals surface area contributed by atoms with E-state index in [0.717, 1.165) is 11.5 Å². The molecular weight excluding hydrogens is 306 g/mol. The summed E-state index contributed by atoms with van der Waals surface area (Å²) >= 11 is 6.79. The van der Waals surface area contributed by atoms with Crippen LogP contribution in [0.25, 0.3) is 0 Å². The number of carbonyl (C=O) groups excluding carboxylic acids is 1. The topological polar surface area (TPSA) is 117 Å². The van der Waals surface area contributed by atoms with Gasteiger partial charge in [-0.3, -0.25) is 5.32 Å². The highest BCUT2D eigenvalue weighted by Crippen LogP contribution is 2.23. The first kappa shape index (κ1) is 14.2. The molecule has 20 heavy (non-hydrogen) atoms. The van der Waals surface area contributed by atoms with Crippen LogP contribution in [0, 0.1) is 0 Å². The quantitative estimate of drug-likeness (QED) is 0.788. The van der Waals surface area contributed by atoms with Crippen LogP contribution >= 0.6 is 23.1 Å². The number of hydrogen-bond acceptors (Lipinski definition) is 6. The number of benzene rings is 1. The summed E-state index contributed by atoms with van der Waals surface area (Å²) in [5, 5.41) is 21.0. The summed E-state index contributed by atoms with van der Waals surface area (Å²) in [6, 6.07) is 4.35. The Balaban J connectivity index is 2.12. The van der Waals surface area contributed by atoms with Crippen LogP contribution in [0.2, 0.25) is 5.02 Å². The first-order valence-corrected chi connectivity index (χ1v) is 6.43. The lowest BCUT2D eigenvalue weighted by Crippen LogP contribution is -2.36. The van der Waals surface area contributed by atoms with Crippen LogP contribution in [-0.2, 0) is 4.79 Å².